The molecule has 0 aliphatic rings. The highest BCUT2D eigenvalue weighted by Gasteiger charge is 2.19. The van der Waals surface area contributed by atoms with E-state index in [4.69, 9.17) is 4.74 Å². The average molecular weight is 498 g/mol. The number of nitrogens with one attached hydrogen (secondary N) is 2. The van der Waals surface area contributed by atoms with E-state index in [9.17, 15) is 9.59 Å². The summed E-state index contributed by atoms with van der Waals surface area (Å²) in [5.74, 6) is 0.834. The first-order valence-corrected chi connectivity index (χ1v) is 12.1. The molecule has 0 atom stereocenters. The summed E-state index contributed by atoms with van der Waals surface area (Å²) < 4.78 is 6.69. The maximum atomic E-state index is 13.1. The SMILES string of the molecule is COc1cccc(C(=O)Nc2cc(-c3cccs3)nn2-c2nc(C)c(Cc3ccccc3)c(=O)[nH]2)c1. The van der Waals surface area contributed by atoms with Crippen LogP contribution in [0.1, 0.15) is 27.2 Å². The Labute approximate surface area is 211 Å². The molecule has 0 spiro atoms. The largest absolute Gasteiger partial charge is 0.497 e. The number of nitrogens with zero attached hydrogens (tertiary/aromatic N) is 3. The molecule has 0 saturated heterocycles. The van der Waals surface area contributed by atoms with Crippen LogP contribution in [-0.4, -0.2) is 32.8 Å². The van der Waals surface area contributed by atoms with Gasteiger partial charge in [0.1, 0.15) is 17.3 Å². The van der Waals surface area contributed by atoms with Gasteiger partial charge in [-0.05, 0) is 42.1 Å². The summed E-state index contributed by atoms with van der Waals surface area (Å²) in [7, 11) is 1.55. The second-order valence-corrected chi connectivity index (χ2v) is 9.05. The van der Waals surface area contributed by atoms with Gasteiger partial charge in [0.2, 0.25) is 5.95 Å². The Bertz CT molecular complexity index is 1570. The van der Waals surface area contributed by atoms with E-state index in [1.165, 1.54) is 16.0 Å². The van der Waals surface area contributed by atoms with Crippen molar-refractivity contribution in [2.24, 2.45) is 0 Å². The lowest BCUT2D eigenvalue weighted by Crippen LogP contribution is -2.22. The van der Waals surface area contributed by atoms with Crippen LogP contribution < -0.4 is 15.6 Å². The molecule has 36 heavy (non-hydrogen) atoms. The first-order chi connectivity index (χ1) is 17.5. The third-order valence-electron chi connectivity index (χ3n) is 5.69. The van der Waals surface area contributed by atoms with Gasteiger partial charge in [-0.15, -0.1) is 11.3 Å². The topological polar surface area (TPSA) is 102 Å². The molecule has 2 aromatic carbocycles. The van der Waals surface area contributed by atoms with E-state index >= 15 is 0 Å². The monoisotopic (exact) mass is 497 g/mol. The maximum absolute atomic E-state index is 13.1. The van der Waals surface area contributed by atoms with E-state index in [-0.39, 0.29) is 17.4 Å². The third-order valence-corrected chi connectivity index (χ3v) is 6.58. The normalized spacial score (nSPS) is 10.8. The molecule has 8 nitrogen and oxygen atoms in total. The van der Waals surface area contributed by atoms with Crippen molar-refractivity contribution in [3.63, 3.8) is 0 Å². The van der Waals surface area contributed by atoms with Gasteiger partial charge in [0.25, 0.3) is 11.5 Å². The number of methoxy groups -OCH3 is 1. The minimum atomic E-state index is -0.340. The molecule has 5 aromatic rings. The van der Waals surface area contributed by atoms with Crippen molar-refractivity contribution in [1.82, 2.24) is 19.7 Å². The number of hydrogen-bond acceptors (Lipinski definition) is 6. The van der Waals surface area contributed by atoms with Gasteiger partial charge in [-0.1, -0.05) is 42.5 Å². The van der Waals surface area contributed by atoms with Gasteiger partial charge in [-0.2, -0.15) is 9.78 Å². The van der Waals surface area contributed by atoms with Crippen molar-refractivity contribution >= 4 is 23.1 Å². The van der Waals surface area contributed by atoms with E-state index < -0.39 is 0 Å². The Morgan fingerprint density at radius 2 is 1.92 bits per heavy atom. The number of carbonyl (C=O) groups is 1. The van der Waals surface area contributed by atoms with Gasteiger partial charge < -0.3 is 10.1 Å². The van der Waals surface area contributed by atoms with Crippen molar-refractivity contribution in [2.45, 2.75) is 13.3 Å². The molecule has 0 unspecified atom stereocenters. The highest BCUT2D eigenvalue weighted by Crippen LogP contribution is 2.28. The Morgan fingerprint density at radius 1 is 1.08 bits per heavy atom. The van der Waals surface area contributed by atoms with Gasteiger partial charge >= 0.3 is 0 Å². The van der Waals surface area contributed by atoms with E-state index in [0.717, 1.165) is 10.4 Å². The highest BCUT2D eigenvalue weighted by molar-refractivity contribution is 7.13. The molecule has 0 aliphatic heterocycles. The Hall–Kier alpha value is -4.50. The molecule has 0 aliphatic carbocycles. The first kappa shape index (κ1) is 23.3. The number of benzene rings is 2. The van der Waals surface area contributed by atoms with Gasteiger partial charge in [0, 0.05) is 23.6 Å². The molecule has 0 saturated carbocycles. The van der Waals surface area contributed by atoms with Gasteiger partial charge in [0.05, 0.1) is 17.7 Å². The second kappa shape index (κ2) is 10.0. The maximum Gasteiger partial charge on any atom is 0.256 e. The van der Waals surface area contributed by atoms with Crippen molar-refractivity contribution in [1.29, 1.82) is 0 Å². The fourth-order valence-corrected chi connectivity index (χ4v) is 4.51. The Morgan fingerprint density at radius 3 is 2.64 bits per heavy atom. The number of aromatic amines is 1. The molecular formula is C27H23N5O3S. The van der Waals surface area contributed by atoms with Crippen LogP contribution in [0.5, 0.6) is 5.75 Å². The van der Waals surface area contributed by atoms with Crippen molar-refractivity contribution < 1.29 is 9.53 Å². The van der Waals surface area contributed by atoms with E-state index in [1.807, 2.05) is 47.8 Å². The van der Waals surface area contributed by atoms with Crippen LogP contribution in [0, 0.1) is 6.92 Å². The molecule has 180 valence electrons. The summed E-state index contributed by atoms with van der Waals surface area (Å²) in [6, 6.07) is 22.2. The number of anilines is 1. The summed E-state index contributed by atoms with van der Waals surface area (Å²) in [6.45, 7) is 1.80. The number of aromatic nitrogens is 4. The lowest BCUT2D eigenvalue weighted by atomic mass is 10.1. The number of amides is 1. The Kier molecular flexibility index (Phi) is 6.46. The van der Waals surface area contributed by atoms with E-state index in [1.54, 1.807) is 44.4 Å². The smallest absolute Gasteiger partial charge is 0.256 e. The summed E-state index contributed by atoms with van der Waals surface area (Å²) in [5.41, 5.74) is 3.02. The molecular weight excluding hydrogens is 474 g/mol. The zero-order valence-electron chi connectivity index (χ0n) is 19.7. The second-order valence-electron chi connectivity index (χ2n) is 8.11. The zero-order valence-corrected chi connectivity index (χ0v) is 20.5. The van der Waals surface area contributed by atoms with Crippen LogP contribution in [0.15, 0.2) is 83.0 Å². The van der Waals surface area contributed by atoms with Crippen LogP contribution in [0.4, 0.5) is 5.82 Å². The lowest BCUT2D eigenvalue weighted by molar-refractivity contribution is 0.102. The van der Waals surface area contributed by atoms with Crippen molar-refractivity contribution in [3.05, 3.63) is 111 Å². The lowest BCUT2D eigenvalue weighted by Gasteiger charge is -2.11. The number of thiophene rings is 1. The van der Waals surface area contributed by atoms with E-state index in [0.29, 0.717) is 40.5 Å². The molecule has 3 heterocycles. The fourth-order valence-electron chi connectivity index (χ4n) is 3.83. The zero-order chi connectivity index (χ0) is 25.1. The van der Waals surface area contributed by atoms with Crippen LogP contribution in [0.2, 0.25) is 0 Å². The summed E-state index contributed by atoms with van der Waals surface area (Å²) in [6.07, 6.45) is 0.467. The standard InChI is InChI=1S/C27H23N5O3S/c1-17-21(14-18-8-4-3-5-9-18)26(34)30-27(28-17)32-24(16-22(31-32)23-12-7-13-36-23)29-25(33)19-10-6-11-20(15-19)35-2/h3-13,15-16H,14H2,1-2H3,(H,29,33)(H,28,30,34). The van der Waals surface area contributed by atoms with Crippen molar-refractivity contribution in [3.8, 4) is 22.3 Å². The third kappa shape index (κ3) is 4.82. The summed E-state index contributed by atoms with van der Waals surface area (Å²) in [4.78, 5) is 34.5. The highest BCUT2D eigenvalue weighted by atomic mass is 32.1. The van der Waals surface area contributed by atoms with E-state index in [2.05, 4.69) is 20.4 Å². The molecule has 0 radical (unpaired) electrons. The van der Waals surface area contributed by atoms with Crippen LogP contribution in [0.3, 0.4) is 0 Å². The first-order valence-electron chi connectivity index (χ1n) is 11.3. The minimum absolute atomic E-state index is 0.220. The average Bonchev–Trinajstić information content (AvgIpc) is 3.57. The molecule has 5 rings (SSSR count). The molecule has 0 bridgehead atoms. The number of rotatable bonds is 7. The number of aryl methyl sites for hydroxylation is 1. The molecule has 3 aromatic heterocycles. The number of carbonyl (C=O) groups excluding carboxylic acids is 1. The number of ether oxygens (including phenoxy) is 1. The van der Waals surface area contributed by atoms with Crippen molar-refractivity contribution in [2.75, 3.05) is 12.4 Å². The fraction of sp³-hybridized carbons (Fsp3) is 0.111. The number of H-pyrrole nitrogens is 1. The van der Waals surface area contributed by atoms with Crippen LogP contribution in [-0.2, 0) is 6.42 Å². The van der Waals surface area contributed by atoms with Gasteiger partial charge in [-0.3, -0.25) is 14.6 Å². The predicted octanol–water partition coefficient (Wildman–Crippen LogP) is 4.84. The molecule has 1 amide bonds. The predicted molar refractivity (Wildman–Crippen MR) is 140 cm³/mol. The van der Waals surface area contributed by atoms with Crippen LogP contribution in [0.25, 0.3) is 16.5 Å². The Balaban J connectivity index is 1.53. The van der Waals surface area contributed by atoms with Gasteiger partial charge in [-0.25, -0.2) is 4.98 Å². The van der Waals surface area contributed by atoms with Gasteiger partial charge in [0.15, 0.2) is 0 Å². The summed E-state index contributed by atoms with van der Waals surface area (Å²) in [5, 5.41) is 9.51. The molecule has 9 heteroatoms. The quantitative estimate of drug-likeness (QED) is 0.335. The molecule has 2 N–H and O–H groups in total. The minimum Gasteiger partial charge on any atom is -0.497 e. The molecule has 0 fully saturated rings. The summed E-state index contributed by atoms with van der Waals surface area (Å²) >= 11 is 1.53. The number of hydrogen-bond donors (Lipinski definition) is 2. The van der Waals surface area contributed by atoms with Crippen LogP contribution >= 0.6 is 11.3 Å².